The largest absolute Gasteiger partial charge is 0.494 e. The molecule has 2 N–H and O–H groups in total. The van der Waals surface area contributed by atoms with Gasteiger partial charge in [-0.25, -0.2) is 0 Å². The standard InChI is InChI=1S/C17H17N3O4S/c1-3-24-12-5-7-13(8-6-12)25(22,23)20-19-16-14-10-11(2)4-9-15(14)18-17(16)21/h4-10,18,21H,3H2,1-2H3. The summed E-state index contributed by atoms with van der Waals surface area (Å²) < 4.78 is 33.4. The van der Waals surface area contributed by atoms with Crippen LogP contribution in [0.15, 0.2) is 57.0 Å². The molecule has 0 atom stereocenters. The molecule has 0 spiro atoms. The van der Waals surface area contributed by atoms with Gasteiger partial charge in [-0.3, -0.25) is 0 Å². The van der Waals surface area contributed by atoms with Crippen LogP contribution in [0, 0.1) is 6.92 Å². The number of aryl methyl sites for hydroxylation is 1. The Kier molecular flexibility index (Phi) is 4.45. The molecule has 8 heteroatoms. The molecule has 25 heavy (non-hydrogen) atoms. The number of aromatic nitrogens is 1. The van der Waals surface area contributed by atoms with Crippen molar-refractivity contribution in [2.24, 2.45) is 9.63 Å². The highest BCUT2D eigenvalue weighted by Crippen LogP contribution is 2.36. The highest BCUT2D eigenvalue weighted by molar-refractivity contribution is 7.90. The van der Waals surface area contributed by atoms with Gasteiger partial charge in [-0.2, -0.15) is 8.42 Å². The Labute approximate surface area is 145 Å². The number of nitrogens with one attached hydrogen (secondary N) is 1. The molecule has 0 unspecified atom stereocenters. The molecular weight excluding hydrogens is 342 g/mol. The van der Waals surface area contributed by atoms with Gasteiger partial charge in [-0.05, 0) is 50.2 Å². The monoisotopic (exact) mass is 359 g/mol. The first-order chi connectivity index (χ1) is 11.9. The van der Waals surface area contributed by atoms with Crippen molar-refractivity contribution in [3.8, 4) is 11.6 Å². The van der Waals surface area contributed by atoms with Gasteiger partial charge in [0.2, 0.25) is 5.88 Å². The number of hydrogen-bond acceptors (Lipinski definition) is 5. The van der Waals surface area contributed by atoms with E-state index in [1.165, 1.54) is 12.1 Å². The number of H-pyrrole nitrogens is 1. The summed E-state index contributed by atoms with van der Waals surface area (Å²) in [6, 6.07) is 11.4. The molecule has 1 aromatic heterocycles. The van der Waals surface area contributed by atoms with E-state index in [0.29, 0.717) is 23.3 Å². The van der Waals surface area contributed by atoms with Crippen molar-refractivity contribution < 1.29 is 18.3 Å². The lowest BCUT2D eigenvalue weighted by atomic mass is 10.2. The first-order valence-electron chi connectivity index (χ1n) is 7.63. The Hall–Kier alpha value is -2.87. The maximum absolute atomic E-state index is 12.3. The lowest BCUT2D eigenvalue weighted by Crippen LogP contribution is -1.96. The molecule has 3 aromatic rings. The third-order valence-corrected chi connectivity index (χ3v) is 4.75. The summed E-state index contributed by atoms with van der Waals surface area (Å²) in [5, 5.41) is 14.3. The van der Waals surface area contributed by atoms with Crippen molar-refractivity contribution in [3.05, 3.63) is 48.0 Å². The Bertz CT molecular complexity index is 1040. The fraction of sp³-hybridized carbons (Fsp3) is 0.176. The van der Waals surface area contributed by atoms with Gasteiger partial charge in [-0.1, -0.05) is 16.1 Å². The number of aromatic hydroxyl groups is 1. The molecule has 0 radical (unpaired) electrons. The number of fused-ring (bicyclic) bond motifs is 1. The molecule has 3 rings (SSSR count). The van der Waals surface area contributed by atoms with Gasteiger partial charge in [0.05, 0.1) is 17.0 Å². The van der Waals surface area contributed by atoms with Crippen molar-refractivity contribution in [2.75, 3.05) is 6.61 Å². The van der Waals surface area contributed by atoms with Gasteiger partial charge in [0.25, 0.3) is 10.0 Å². The van der Waals surface area contributed by atoms with Crippen LogP contribution in [0.5, 0.6) is 11.6 Å². The number of aromatic amines is 1. The highest BCUT2D eigenvalue weighted by Gasteiger charge is 2.16. The molecule has 130 valence electrons. The van der Waals surface area contributed by atoms with E-state index in [2.05, 4.69) is 14.6 Å². The van der Waals surface area contributed by atoms with Gasteiger partial charge in [0.1, 0.15) is 5.75 Å². The molecule has 0 saturated carbocycles. The zero-order chi connectivity index (χ0) is 18.0. The van der Waals surface area contributed by atoms with Crippen LogP contribution in [0.25, 0.3) is 10.9 Å². The zero-order valence-electron chi connectivity index (χ0n) is 13.7. The van der Waals surface area contributed by atoms with Gasteiger partial charge < -0.3 is 14.8 Å². The molecule has 0 bridgehead atoms. The minimum atomic E-state index is -3.99. The number of nitrogens with zero attached hydrogens (tertiary/aromatic N) is 2. The van der Waals surface area contributed by atoms with Crippen LogP contribution in [0.3, 0.4) is 0 Å². The smallest absolute Gasteiger partial charge is 0.299 e. The topological polar surface area (TPSA) is 104 Å². The van der Waals surface area contributed by atoms with E-state index in [9.17, 15) is 13.5 Å². The Morgan fingerprint density at radius 1 is 1.16 bits per heavy atom. The van der Waals surface area contributed by atoms with E-state index < -0.39 is 10.0 Å². The number of rotatable bonds is 5. The predicted molar refractivity (Wildman–Crippen MR) is 94.0 cm³/mol. The molecule has 0 aliphatic heterocycles. The maximum atomic E-state index is 12.3. The van der Waals surface area contributed by atoms with Gasteiger partial charge in [0, 0.05) is 5.39 Å². The third-order valence-electron chi connectivity index (χ3n) is 3.59. The summed E-state index contributed by atoms with van der Waals surface area (Å²) in [4.78, 5) is 2.74. The quantitative estimate of drug-likeness (QED) is 0.670. The van der Waals surface area contributed by atoms with Crippen LogP contribution in [0.1, 0.15) is 12.5 Å². The lowest BCUT2D eigenvalue weighted by Gasteiger charge is -2.03. The molecule has 7 nitrogen and oxygen atoms in total. The summed E-state index contributed by atoms with van der Waals surface area (Å²) in [6.07, 6.45) is 0. The highest BCUT2D eigenvalue weighted by atomic mass is 32.2. The second-order valence-corrected chi connectivity index (χ2v) is 7.02. The van der Waals surface area contributed by atoms with Crippen LogP contribution >= 0.6 is 0 Å². The first kappa shape index (κ1) is 17.0. The average molecular weight is 359 g/mol. The van der Waals surface area contributed by atoms with Crippen LogP contribution < -0.4 is 4.74 Å². The third kappa shape index (κ3) is 3.48. The fourth-order valence-corrected chi connectivity index (χ4v) is 3.16. The van der Waals surface area contributed by atoms with Gasteiger partial charge in [0.15, 0.2) is 5.69 Å². The van der Waals surface area contributed by atoms with Crippen molar-refractivity contribution in [1.29, 1.82) is 0 Å². The number of ether oxygens (including phenoxy) is 1. The van der Waals surface area contributed by atoms with Crippen LogP contribution in [-0.2, 0) is 10.0 Å². The fourth-order valence-electron chi connectivity index (χ4n) is 2.39. The summed E-state index contributed by atoms with van der Waals surface area (Å²) in [5.74, 6) is 0.342. The van der Waals surface area contributed by atoms with Crippen molar-refractivity contribution in [3.63, 3.8) is 0 Å². The Balaban J connectivity index is 1.95. The number of sulfonamides is 1. The van der Waals surface area contributed by atoms with Crippen molar-refractivity contribution in [1.82, 2.24) is 4.98 Å². The molecule has 0 saturated heterocycles. The molecule has 0 aliphatic carbocycles. The van der Waals surface area contributed by atoms with E-state index in [-0.39, 0.29) is 16.5 Å². The second-order valence-electron chi connectivity index (χ2n) is 5.43. The van der Waals surface area contributed by atoms with Crippen molar-refractivity contribution in [2.45, 2.75) is 18.7 Å². The summed E-state index contributed by atoms with van der Waals surface area (Å²) >= 11 is 0. The normalized spacial score (nSPS) is 12.1. The minimum Gasteiger partial charge on any atom is -0.494 e. The lowest BCUT2D eigenvalue weighted by molar-refractivity contribution is 0.340. The van der Waals surface area contributed by atoms with Crippen LogP contribution in [-0.4, -0.2) is 25.1 Å². The molecule has 0 amide bonds. The molecular formula is C17H17N3O4S. The second kappa shape index (κ2) is 6.56. The van der Waals surface area contributed by atoms with Crippen LogP contribution in [0.4, 0.5) is 5.69 Å². The Morgan fingerprint density at radius 2 is 1.88 bits per heavy atom. The summed E-state index contributed by atoms with van der Waals surface area (Å²) in [7, 11) is -3.99. The summed E-state index contributed by atoms with van der Waals surface area (Å²) in [5.41, 5.74) is 1.70. The van der Waals surface area contributed by atoms with E-state index in [1.807, 2.05) is 19.9 Å². The Morgan fingerprint density at radius 3 is 2.56 bits per heavy atom. The number of benzene rings is 2. The molecule has 0 fully saturated rings. The average Bonchev–Trinajstić information content (AvgIpc) is 2.88. The van der Waals surface area contributed by atoms with Gasteiger partial charge in [-0.15, -0.1) is 5.11 Å². The van der Waals surface area contributed by atoms with E-state index in [1.54, 1.807) is 24.3 Å². The van der Waals surface area contributed by atoms with Crippen LogP contribution in [0.2, 0.25) is 0 Å². The zero-order valence-corrected chi connectivity index (χ0v) is 14.5. The predicted octanol–water partition coefficient (Wildman–Crippen LogP) is 4.05. The molecule has 0 aliphatic rings. The van der Waals surface area contributed by atoms with E-state index in [4.69, 9.17) is 4.74 Å². The van der Waals surface area contributed by atoms with Crippen molar-refractivity contribution >= 4 is 26.6 Å². The first-order valence-corrected chi connectivity index (χ1v) is 9.07. The SMILES string of the molecule is CCOc1ccc(S(=O)(=O)N=Nc2c(O)[nH]c3ccc(C)cc23)cc1. The maximum Gasteiger partial charge on any atom is 0.299 e. The summed E-state index contributed by atoms with van der Waals surface area (Å²) in [6.45, 7) is 4.22. The molecule has 1 heterocycles. The minimum absolute atomic E-state index is 0.00443. The molecule has 2 aromatic carbocycles. The van der Waals surface area contributed by atoms with E-state index in [0.717, 1.165) is 5.56 Å². The number of hydrogen-bond donors (Lipinski definition) is 2. The van der Waals surface area contributed by atoms with Gasteiger partial charge >= 0.3 is 0 Å². The van der Waals surface area contributed by atoms with E-state index >= 15 is 0 Å².